The van der Waals surface area contributed by atoms with E-state index in [0.29, 0.717) is 5.56 Å². The Labute approximate surface area is 215 Å². The average molecular weight is 522 g/mol. The summed E-state index contributed by atoms with van der Waals surface area (Å²) in [5, 5.41) is 27.2. The van der Waals surface area contributed by atoms with E-state index >= 15 is 0 Å². The predicted molar refractivity (Wildman–Crippen MR) is 130 cm³/mol. The van der Waals surface area contributed by atoms with Crippen molar-refractivity contribution in [1.29, 1.82) is 0 Å². The highest BCUT2D eigenvalue weighted by molar-refractivity contribution is 5.91. The smallest absolute Gasteiger partial charge is 0.408 e. The van der Waals surface area contributed by atoms with Crippen molar-refractivity contribution in [3.63, 3.8) is 0 Å². The molecule has 0 saturated carbocycles. The molecule has 1 aliphatic rings. The van der Waals surface area contributed by atoms with Gasteiger partial charge in [-0.25, -0.2) is 4.79 Å². The standard InChI is InChI=1S/C25H35N3O9/c1-14(20(31)21(32)16-10-18(26-12-16)23(34)37-25(2,3)4)27-22(33)17(11-19(29)30)28-24(35)36-13-15-8-6-5-7-9-15/h5-9,14,16-18,20,26,31H,10-13H2,1-4H3,(H,27,33)(H,28,35)(H,29,30)/t14-,16?,17-,18-,20-/m0/s1. The van der Waals surface area contributed by atoms with E-state index in [1.165, 1.54) is 6.92 Å². The van der Waals surface area contributed by atoms with Crippen LogP contribution in [0.3, 0.4) is 0 Å². The van der Waals surface area contributed by atoms with Gasteiger partial charge in [0.2, 0.25) is 5.91 Å². The second-order valence-electron chi connectivity index (χ2n) is 9.93. The maximum absolute atomic E-state index is 12.8. The number of aliphatic hydroxyl groups is 1. The number of aliphatic carboxylic acids is 1. The molecule has 0 radical (unpaired) electrons. The summed E-state index contributed by atoms with van der Waals surface area (Å²) in [4.78, 5) is 61.1. The Morgan fingerprint density at radius 1 is 1.11 bits per heavy atom. The van der Waals surface area contributed by atoms with E-state index in [-0.39, 0.29) is 19.6 Å². The van der Waals surface area contributed by atoms with Gasteiger partial charge in [-0.2, -0.15) is 0 Å². The van der Waals surface area contributed by atoms with Crippen molar-refractivity contribution in [2.24, 2.45) is 5.92 Å². The van der Waals surface area contributed by atoms with Crippen LogP contribution in [0.1, 0.15) is 46.1 Å². The molecule has 204 valence electrons. The lowest BCUT2D eigenvalue weighted by atomic mass is 9.93. The first-order chi connectivity index (χ1) is 17.3. The van der Waals surface area contributed by atoms with Crippen molar-refractivity contribution in [2.75, 3.05) is 6.54 Å². The number of rotatable bonds is 11. The summed E-state index contributed by atoms with van der Waals surface area (Å²) in [5.74, 6) is -4.03. The molecular formula is C25H35N3O9. The zero-order valence-corrected chi connectivity index (χ0v) is 21.4. The Balaban J connectivity index is 1.91. The summed E-state index contributed by atoms with van der Waals surface area (Å²) in [6.45, 7) is 6.62. The number of ketones is 1. The summed E-state index contributed by atoms with van der Waals surface area (Å²) in [6, 6.07) is 5.45. The van der Waals surface area contributed by atoms with E-state index < -0.39 is 71.9 Å². The van der Waals surface area contributed by atoms with Crippen LogP contribution in [0.15, 0.2) is 30.3 Å². The Bertz CT molecular complexity index is 977. The van der Waals surface area contributed by atoms with Gasteiger partial charge in [0.25, 0.3) is 0 Å². The number of nitrogens with one attached hydrogen (secondary N) is 3. The van der Waals surface area contributed by atoms with Gasteiger partial charge >= 0.3 is 18.0 Å². The molecule has 5 atom stereocenters. The Morgan fingerprint density at radius 2 is 1.76 bits per heavy atom. The van der Waals surface area contributed by atoms with E-state index in [4.69, 9.17) is 14.6 Å². The normalized spacial score (nSPS) is 19.7. The molecule has 1 heterocycles. The number of alkyl carbamates (subject to hydrolysis) is 1. The van der Waals surface area contributed by atoms with Gasteiger partial charge in [-0.15, -0.1) is 0 Å². The minimum atomic E-state index is -1.62. The van der Waals surface area contributed by atoms with E-state index in [2.05, 4.69) is 16.0 Å². The number of carboxylic acid groups (broad SMARTS) is 1. The number of hydrogen-bond donors (Lipinski definition) is 5. The first kappa shape index (κ1) is 29.7. The molecule has 0 spiro atoms. The van der Waals surface area contributed by atoms with Crippen LogP contribution in [0.5, 0.6) is 0 Å². The predicted octanol–water partition coefficient (Wildman–Crippen LogP) is 0.511. The first-order valence-electron chi connectivity index (χ1n) is 11.9. The Morgan fingerprint density at radius 3 is 2.35 bits per heavy atom. The number of Topliss-reactive ketones (excluding diaryl/α,β-unsaturated/α-hetero) is 1. The molecule has 0 bridgehead atoms. The third kappa shape index (κ3) is 9.81. The number of aliphatic hydroxyl groups excluding tert-OH is 1. The van der Waals surface area contributed by atoms with Crippen LogP contribution in [0.25, 0.3) is 0 Å². The number of ether oxygens (including phenoxy) is 2. The molecule has 5 N–H and O–H groups in total. The minimum Gasteiger partial charge on any atom is -0.481 e. The molecule has 1 aromatic carbocycles. The summed E-state index contributed by atoms with van der Waals surface area (Å²) in [6.07, 6.45) is -3.24. The van der Waals surface area contributed by atoms with Crippen molar-refractivity contribution in [2.45, 2.75) is 77.0 Å². The lowest BCUT2D eigenvalue weighted by Crippen LogP contribution is -2.54. The van der Waals surface area contributed by atoms with Crippen molar-refractivity contribution >= 4 is 29.7 Å². The number of amides is 2. The monoisotopic (exact) mass is 521 g/mol. The van der Waals surface area contributed by atoms with Gasteiger partial charge in [0, 0.05) is 12.5 Å². The van der Waals surface area contributed by atoms with E-state index in [1.807, 2.05) is 0 Å². The molecule has 1 fully saturated rings. The fourth-order valence-electron chi connectivity index (χ4n) is 3.69. The first-order valence-corrected chi connectivity index (χ1v) is 11.9. The van der Waals surface area contributed by atoms with Gasteiger partial charge in [0.15, 0.2) is 5.78 Å². The van der Waals surface area contributed by atoms with Crippen molar-refractivity contribution in [3.05, 3.63) is 35.9 Å². The molecule has 2 rings (SSSR count). The lowest BCUT2D eigenvalue weighted by Gasteiger charge is -2.24. The summed E-state index contributed by atoms with van der Waals surface area (Å²) < 4.78 is 10.4. The zero-order valence-electron chi connectivity index (χ0n) is 21.4. The second kappa shape index (κ2) is 13.2. The quantitative estimate of drug-likeness (QED) is 0.257. The fourth-order valence-corrected chi connectivity index (χ4v) is 3.69. The number of esters is 1. The van der Waals surface area contributed by atoms with Crippen molar-refractivity contribution in [3.8, 4) is 0 Å². The SMILES string of the molecule is C[C@H](NC(=O)[C@H](CC(=O)O)NC(=O)OCc1ccccc1)[C@H](O)C(=O)C1CN[C@H](C(=O)OC(C)(C)C)C1. The molecule has 37 heavy (non-hydrogen) atoms. The highest BCUT2D eigenvalue weighted by Crippen LogP contribution is 2.20. The van der Waals surface area contributed by atoms with Crippen LogP contribution in [0, 0.1) is 5.92 Å². The molecular weight excluding hydrogens is 486 g/mol. The van der Waals surface area contributed by atoms with Crippen molar-refractivity contribution in [1.82, 2.24) is 16.0 Å². The molecule has 1 aliphatic heterocycles. The summed E-state index contributed by atoms with van der Waals surface area (Å²) in [7, 11) is 0. The molecule has 12 heteroatoms. The van der Waals surface area contributed by atoms with Crippen LogP contribution in [0.2, 0.25) is 0 Å². The average Bonchev–Trinajstić information content (AvgIpc) is 3.31. The van der Waals surface area contributed by atoms with Crippen LogP contribution < -0.4 is 16.0 Å². The van der Waals surface area contributed by atoms with Gasteiger partial charge in [-0.1, -0.05) is 30.3 Å². The van der Waals surface area contributed by atoms with E-state index in [0.717, 1.165) is 0 Å². The van der Waals surface area contributed by atoms with Crippen LogP contribution in [-0.2, 0) is 35.3 Å². The summed E-state index contributed by atoms with van der Waals surface area (Å²) in [5.41, 5.74) is 0.00988. The van der Waals surface area contributed by atoms with Crippen LogP contribution >= 0.6 is 0 Å². The maximum atomic E-state index is 12.8. The third-order valence-corrected chi connectivity index (χ3v) is 5.56. The Hall–Kier alpha value is -3.51. The maximum Gasteiger partial charge on any atom is 0.408 e. The molecule has 12 nitrogen and oxygen atoms in total. The lowest BCUT2D eigenvalue weighted by molar-refractivity contribution is -0.157. The zero-order chi connectivity index (χ0) is 27.8. The van der Waals surface area contributed by atoms with Gasteiger partial charge in [0.05, 0.1) is 12.5 Å². The fraction of sp³-hybridized carbons (Fsp3) is 0.560. The second-order valence-corrected chi connectivity index (χ2v) is 9.93. The topological polar surface area (TPSA) is 180 Å². The molecule has 1 aromatic rings. The van der Waals surface area contributed by atoms with Gasteiger partial charge < -0.3 is 35.6 Å². The van der Waals surface area contributed by atoms with Gasteiger partial charge in [-0.05, 0) is 39.7 Å². The van der Waals surface area contributed by atoms with Crippen LogP contribution in [0.4, 0.5) is 4.79 Å². The number of benzene rings is 1. The van der Waals surface area contributed by atoms with E-state index in [1.54, 1.807) is 51.1 Å². The number of carbonyl (C=O) groups excluding carboxylic acids is 4. The molecule has 2 amide bonds. The summed E-state index contributed by atoms with van der Waals surface area (Å²) >= 11 is 0. The van der Waals surface area contributed by atoms with E-state index in [9.17, 15) is 29.1 Å². The number of carbonyl (C=O) groups is 5. The van der Waals surface area contributed by atoms with Crippen molar-refractivity contribution < 1.29 is 43.7 Å². The largest absolute Gasteiger partial charge is 0.481 e. The highest BCUT2D eigenvalue weighted by atomic mass is 16.6. The number of carboxylic acids is 1. The van der Waals surface area contributed by atoms with Crippen LogP contribution in [-0.4, -0.2) is 76.3 Å². The molecule has 1 unspecified atom stereocenters. The molecule has 1 saturated heterocycles. The Kier molecular flexibility index (Phi) is 10.6. The third-order valence-electron chi connectivity index (χ3n) is 5.56. The van der Waals surface area contributed by atoms with Gasteiger partial charge in [0.1, 0.15) is 30.4 Å². The number of hydrogen-bond acceptors (Lipinski definition) is 9. The highest BCUT2D eigenvalue weighted by Gasteiger charge is 2.39. The van der Waals surface area contributed by atoms with Gasteiger partial charge in [-0.3, -0.25) is 19.2 Å². The molecule has 0 aromatic heterocycles. The molecule has 0 aliphatic carbocycles. The minimum absolute atomic E-state index is 0.0859.